The van der Waals surface area contributed by atoms with Crippen LogP contribution in [-0.4, -0.2) is 31.1 Å². The SMILES string of the molecule is CCCCCC1CCCC[C]1N1CCCNCC1. The molecule has 0 spiro atoms. The highest BCUT2D eigenvalue weighted by atomic mass is 15.2. The first-order valence-electron chi connectivity index (χ1n) is 8.23. The summed E-state index contributed by atoms with van der Waals surface area (Å²) in [7, 11) is 0. The van der Waals surface area contributed by atoms with E-state index in [0.29, 0.717) is 0 Å². The number of hydrogen-bond acceptors (Lipinski definition) is 2. The minimum Gasteiger partial charge on any atom is -0.315 e. The third-order valence-corrected chi connectivity index (χ3v) is 4.61. The standard InChI is InChI=1S/C16H31N2/c1-2-3-4-8-15-9-5-6-10-16(15)18-13-7-11-17-12-14-18/h15,17H,2-14H2,1H3. The fourth-order valence-corrected chi connectivity index (χ4v) is 3.57. The van der Waals surface area contributed by atoms with E-state index in [9.17, 15) is 0 Å². The van der Waals surface area contributed by atoms with E-state index in [4.69, 9.17) is 0 Å². The second kappa shape index (κ2) is 8.16. The van der Waals surface area contributed by atoms with Crippen molar-refractivity contribution in [1.29, 1.82) is 0 Å². The molecule has 18 heavy (non-hydrogen) atoms. The van der Waals surface area contributed by atoms with Crippen molar-refractivity contribution in [2.45, 2.75) is 64.7 Å². The first-order chi connectivity index (χ1) is 8.92. The van der Waals surface area contributed by atoms with Gasteiger partial charge in [0.2, 0.25) is 0 Å². The summed E-state index contributed by atoms with van der Waals surface area (Å²) in [5.74, 6) is 0.920. The van der Waals surface area contributed by atoms with Crippen LogP contribution < -0.4 is 5.32 Å². The van der Waals surface area contributed by atoms with E-state index < -0.39 is 0 Å². The van der Waals surface area contributed by atoms with Crippen LogP contribution >= 0.6 is 0 Å². The Morgan fingerprint density at radius 1 is 1.11 bits per heavy atom. The van der Waals surface area contributed by atoms with Gasteiger partial charge in [-0.15, -0.1) is 0 Å². The van der Waals surface area contributed by atoms with Crippen molar-refractivity contribution in [3.05, 3.63) is 6.04 Å². The van der Waals surface area contributed by atoms with Gasteiger partial charge in [0.25, 0.3) is 0 Å². The molecule has 0 aromatic heterocycles. The number of nitrogens with zero attached hydrogens (tertiary/aromatic N) is 1. The van der Waals surface area contributed by atoms with Gasteiger partial charge in [-0.1, -0.05) is 39.0 Å². The van der Waals surface area contributed by atoms with Crippen LogP contribution in [0.4, 0.5) is 0 Å². The lowest BCUT2D eigenvalue weighted by atomic mass is 9.80. The molecule has 1 aliphatic carbocycles. The van der Waals surface area contributed by atoms with Gasteiger partial charge < -0.3 is 5.32 Å². The van der Waals surface area contributed by atoms with E-state index in [1.807, 2.05) is 6.04 Å². The largest absolute Gasteiger partial charge is 0.315 e. The van der Waals surface area contributed by atoms with Crippen LogP contribution in [0.2, 0.25) is 0 Å². The van der Waals surface area contributed by atoms with Crippen LogP contribution in [0.5, 0.6) is 0 Å². The van der Waals surface area contributed by atoms with Crippen molar-refractivity contribution in [2.24, 2.45) is 5.92 Å². The maximum atomic E-state index is 3.53. The number of nitrogens with one attached hydrogen (secondary N) is 1. The minimum atomic E-state index is 0.920. The molecule has 0 bridgehead atoms. The molecule has 2 rings (SSSR count). The van der Waals surface area contributed by atoms with Gasteiger partial charge in [0.15, 0.2) is 0 Å². The quantitative estimate of drug-likeness (QED) is 0.751. The maximum Gasteiger partial charge on any atom is 0.0424 e. The Balaban J connectivity index is 1.85. The van der Waals surface area contributed by atoms with Crippen LogP contribution in [0.15, 0.2) is 0 Å². The lowest BCUT2D eigenvalue weighted by molar-refractivity contribution is 0.190. The maximum absolute atomic E-state index is 3.53. The Kier molecular flexibility index (Phi) is 6.50. The molecule has 1 saturated carbocycles. The molecule has 0 aromatic rings. The zero-order valence-electron chi connectivity index (χ0n) is 12.2. The fraction of sp³-hybridized carbons (Fsp3) is 0.938. The van der Waals surface area contributed by atoms with Gasteiger partial charge in [0, 0.05) is 25.7 Å². The highest BCUT2D eigenvalue weighted by Crippen LogP contribution is 2.37. The summed E-state index contributed by atoms with van der Waals surface area (Å²) in [6.45, 7) is 7.26. The van der Waals surface area contributed by atoms with Gasteiger partial charge in [0.05, 0.1) is 0 Å². The molecule has 2 nitrogen and oxygen atoms in total. The van der Waals surface area contributed by atoms with E-state index in [1.165, 1.54) is 84.0 Å². The van der Waals surface area contributed by atoms with E-state index >= 15 is 0 Å². The Hall–Kier alpha value is -0.0800. The Morgan fingerprint density at radius 3 is 2.94 bits per heavy atom. The molecule has 1 N–H and O–H groups in total. The van der Waals surface area contributed by atoms with Crippen molar-refractivity contribution in [2.75, 3.05) is 26.2 Å². The van der Waals surface area contributed by atoms with Gasteiger partial charge in [-0.2, -0.15) is 0 Å². The summed E-state index contributed by atoms with van der Waals surface area (Å²) in [5.41, 5.74) is 0. The van der Waals surface area contributed by atoms with Crippen molar-refractivity contribution in [3.63, 3.8) is 0 Å². The lowest BCUT2D eigenvalue weighted by Crippen LogP contribution is -2.38. The van der Waals surface area contributed by atoms with E-state index in [1.54, 1.807) is 0 Å². The molecule has 0 aromatic carbocycles. The molecule has 2 heteroatoms. The first-order valence-corrected chi connectivity index (χ1v) is 8.23. The van der Waals surface area contributed by atoms with Crippen molar-refractivity contribution in [1.82, 2.24) is 10.2 Å². The molecule has 2 aliphatic rings. The Labute approximate surface area is 114 Å². The molecule has 2 fully saturated rings. The molecule has 1 unspecified atom stereocenters. The average Bonchev–Trinajstić information content (AvgIpc) is 2.68. The summed E-state index contributed by atoms with van der Waals surface area (Å²) < 4.78 is 0. The Bertz CT molecular complexity index is 209. The number of hydrogen-bond donors (Lipinski definition) is 1. The van der Waals surface area contributed by atoms with Crippen LogP contribution in [0.1, 0.15) is 64.7 Å². The topological polar surface area (TPSA) is 15.3 Å². The molecule has 0 amide bonds. The van der Waals surface area contributed by atoms with Crippen LogP contribution in [-0.2, 0) is 0 Å². The highest BCUT2D eigenvalue weighted by Gasteiger charge is 2.30. The van der Waals surface area contributed by atoms with E-state index in [-0.39, 0.29) is 0 Å². The second-order valence-corrected chi connectivity index (χ2v) is 6.02. The fourth-order valence-electron chi connectivity index (χ4n) is 3.57. The summed E-state index contributed by atoms with van der Waals surface area (Å²) in [5, 5.41) is 3.53. The molecule has 1 radical (unpaired) electrons. The second-order valence-electron chi connectivity index (χ2n) is 6.02. The summed E-state index contributed by atoms with van der Waals surface area (Å²) >= 11 is 0. The van der Waals surface area contributed by atoms with Gasteiger partial charge in [-0.25, -0.2) is 0 Å². The monoisotopic (exact) mass is 251 g/mol. The normalized spacial score (nSPS) is 28.2. The predicted molar refractivity (Wildman–Crippen MR) is 78.4 cm³/mol. The van der Waals surface area contributed by atoms with Gasteiger partial charge in [-0.3, -0.25) is 4.90 Å². The molecule has 105 valence electrons. The van der Waals surface area contributed by atoms with Crippen molar-refractivity contribution in [3.8, 4) is 0 Å². The van der Waals surface area contributed by atoms with E-state index in [0.717, 1.165) is 5.92 Å². The highest BCUT2D eigenvalue weighted by molar-refractivity contribution is 4.99. The minimum absolute atomic E-state index is 0.920. The third-order valence-electron chi connectivity index (χ3n) is 4.61. The number of unbranched alkanes of at least 4 members (excludes halogenated alkanes) is 2. The van der Waals surface area contributed by atoms with Gasteiger partial charge >= 0.3 is 0 Å². The van der Waals surface area contributed by atoms with Crippen molar-refractivity contribution >= 4 is 0 Å². The molecule has 1 atom stereocenters. The summed E-state index contributed by atoms with van der Waals surface area (Å²) in [6.07, 6.45) is 12.7. The summed E-state index contributed by atoms with van der Waals surface area (Å²) in [6, 6.07) is 1.82. The molecule has 1 saturated heterocycles. The lowest BCUT2D eigenvalue weighted by Gasteiger charge is -2.39. The first kappa shape index (κ1) is 14.3. The Morgan fingerprint density at radius 2 is 2.06 bits per heavy atom. The van der Waals surface area contributed by atoms with E-state index in [2.05, 4.69) is 17.1 Å². The van der Waals surface area contributed by atoms with Crippen molar-refractivity contribution < 1.29 is 0 Å². The zero-order valence-corrected chi connectivity index (χ0v) is 12.2. The molecular formula is C16H31N2. The molecular weight excluding hydrogens is 220 g/mol. The van der Waals surface area contributed by atoms with Crippen LogP contribution in [0.25, 0.3) is 0 Å². The zero-order chi connectivity index (χ0) is 12.6. The summed E-state index contributed by atoms with van der Waals surface area (Å²) in [4.78, 5) is 2.73. The molecule has 1 heterocycles. The smallest absolute Gasteiger partial charge is 0.0424 e. The van der Waals surface area contributed by atoms with Gasteiger partial charge in [-0.05, 0) is 38.1 Å². The van der Waals surface area contributed by atoms with Crippen LogP contribution in [0.3, 0.4) is 0 Å². The third kappa shape index (κ3) is 4.24. The number of rotatable bonds is 5. The average molecular weight is 251 g/mol. The van der Waals surface area contributed by atoms with Crippen LogP contribution in [0, 0.1) is 12.0 Å². The van der Waals surface area contributed by atoms with Gasteiger partial charge in [0.1, 0.15) is 0 Å². The molecule has 1 aliphatic heterocycles. The predicted octanol–water partition coefficient (Wildman–Crippen LogP) is 3.58.